The molecule has 0 spiro atoms. The van der Waals surface area contributed by atoms with Crippen molar-refractivity contribution in [2.45, 2.75) is 6.92 Å². The van der Waals surface area contributed by atoms with Crippen LogP contribution in [0.5, 0.6) is 11.5 Å². The lowest BCUT2D eigenvalue weighted by molar-refractivity contribution is -0.456. The summed E-state index contributed by atoms with van der Waals surface area (Å²) in [5, 5.41) is 16.8. The fraction of sp³-hybridized carbons (Fsp3) is 0.273. The number of methoxy groups -OCH3 is 1. The summed E-state index contributed by atoms with van der Waals surface area (Å²) in [6.45, 7) is 2.00. The molecule has 0 saturated carbocycles. The lowest BCUT2D eigenvalue weighted by atomic mass is 10.2. The molecule has 0 bridgehead atoms. The number of aromatic hydroxyl groups is 1. The molecule has 1 aromatic carbocycles. The summed E-state index contributed by atoms with van der Waals surface area (Å²) >= 11 is 4.69. The monoisotopic (exact) mass is 332 g/mol. The number of nitrogens with one attached hydrogen (secondary N) is 1. The molecular weight excluding hydrogens is 318 g/mol. The SMILES string of the molecule is CCSC(N)=N[NH+]=Cc1cc(Br)c(O)c(OC)c1. The van der Waals surface area contributed by atoms with Gasteiger partial charge in [-0.2, -0.15) is 0 Å². The smallest absolute Gasteiger partial charge is 0.225 e. The number of rotatable bonds is 4. The largest absolute Gasteiger partial charge is 0.503 e. The van der Waals surface area contributed by atoms with Gasteiger partial charge in [-0.25, -0.2) is 0 Å². The van der Waals surface area contributed by atoms with E-state index in [1.54, 1.807) is 18.3 Å². The van der Waals surface area contributed by atoms with Gasteiger partial charge in [-0.15, -0.1) is 5.10 Å². The fourth-order valence-corrected chi connectivity index (χ4v) is 2.06. The number of halogens is 1. The number of amidine groups is 1. The first kappa shape index (κ1) is 14.8. The Morgan fingerprint density at radius 2 is 2.39 bits per heavy atom. The molecule has 1 rings (SSSR count). The van der Waals surface area contributed by atoms with Crippen LogP contribution in [0, 0.1) is 0 Å². The van der Waals surface area contributed by atoms with E-state index in [0.717, 1.165) is 11.3 Å². The molecule has 0 aromatic heterocycles. The lowest BCUT2D eigenvalue weighted by Gasteiger charge is -2.04. The van der Waals surface area contributed by atoms with Gasteiger partial charge in [-0.05, 0) is 33.8 Å². The van der Waals surface area contributed by atoms with Crippen molar-refractivity contribution in [3.63, 3.8) is 0 Å². The molecule has 18 heavy (non-hydrogen) atoms. The molecule has 0 atom stereocenters. The van der Waals surface area contributed by atoms with E-state index in [1.165, 1.54) is 18.9 Å². The van der Waals surface area contributed by atoms with E-state index >= 15 is 0 Å². The number of benzene rings is 1. The maximum absolute atomic E-state index is 9.65. The molecule has 98 valence electrons. The second kappa shape index (κ2) is 7.27. The number of thioether (sulfide) groups is 1. The van der Waals surface area contributed by atoms with E-state index in [0.29, 0.717) is 15.4 Å². The summed E-state index contributed by atoms with van der Waals surface area (Å²) in [4.78, 5) is 0. The minimum Gasteiger partial charge on any atom is -0.503 e. The molecule has 0 fully saturated rings. The van der Waals surface area contributed by atoms with Crippen LogP contribution in [0.15, 0.2) is 21.7 Å². The Hall–Kier alpha value is -1.21. The lowest BCUT2D eigenvalue weighted by Crippen LogP contribution is -2.62. The normalized spacial score (nSPS) is 12.1. The van der Waals surface area contributed by atoms with Crippen molar-refractivity contribution in [1.29, 1.82) is 0 Å². The van der Waals surface area contributed by atoms with Crippen LogP contribution in [0.4, 0.5) is 0 Å². The molecule has 0 aliphatic heterocycles. The topological polar surface area (TPSA) is 81.8 Å². The Bertz CT molecular complexity index is 478. The van der Waals surface area contributed by atoms with E-state index < -0.39 is 0 Å². The third-order valence-electron chi connectivity index (χ3n) is 1.97. The van der Waals surface area contributed by atoms with Crippen LogP contribution in [0.2, 0.25) is 0 Å². The van der Waals surface area contributed by atoms with Crippen molar-refractivity contribution in [3.8, 4) is 11.5 Å². The maximum atomic E-state index is 9.65. The zero-order valence-corrected chi connectivity index (χ0v) is 12.5. The number of hydrazone groups is 1. The minimum absolute atomic E-state index is 0.0687. The van der Waals surface area contributed by atoms with E-state index in [2.05, 4.69) is 26.1 Å². The van der Waals surface area contributed by atoms with Gasteiger partial charge in [0.05, 0.1) is 11.6 Å². The van der Waals surface area contributed by atoms with Crippen LogP contribution in [-0.2, 0) is 0 Å². The highest BCUT2D eigenvalue weighted by atomic mass is 79.9. The highest BCUT2D eigenvalue weighted by molar-refractivity contribution is 9.10. The Morgan fingerprint density at radius 3 is 3.00 bits per heavy atom. The van der Waals surface area contributed by atoms with Gasteiger partial charge in [-0.3, -0.25) is 0 Å². The Morgan fingerprint density at radius 1 is 1.67 bits per heavy atom. The first-order valence-electron chi connectivity index (χ1n) is 5.19. The standard InChI is InChI=1S/C11H14BrN3O2S/c1-3-18-11(13)15-14-6-7-4-8(12)10(16)9(5-7)17-2/h4-6,16H,3H2,1-2H3,(H2,13,15)/p+1. The summed E-state index contributed by atoms with van der Waals surface area (Å²) in [7, 11) is 1.49. The average molecular weight is 333 g/mol. The molecule has 0 aliphatic rings. The van der Waals surface area contributed by atoms with Crippen molar-refractivity contribution in [2.24, 2.45) is 10.8 Å². The summed E-state index contributed by atoms with van der Waals surface area (Å²) in [6.07, 6.45) is 1.66. The maximum Gasteiger partial charge on any atom is 0.225 e. The first-order valence-corrected chi connectivity index (χ1v) is 6.97. The minimum atomic E-state index is 0.0687. The molecule has 4 N–H and O–H groups in total. The van der Waals surface area contributed by atoms with Gasteiger partial charge < -0.3 is 15.6 Å². The number of phenols is 1. The zero-order chi connectivity index (χ0) is 13.5. The van der Waals surface area contributed by atoms with E-state index in [4.69, 9.17) is 10.5 Å². The van der Waals surface area contributed by atoms with Gasteiger partial charge in [-0.1, -0.05) is 18.7 Å². The van der Waals surface area contributed by atoms with Gasteiger partial charge >= 0.3 is 0 Å². The molecular formula is C11H15BrN3O2S+. The number of hydrogen-bond donors (Lipinski definition) is 3. The Labute approximate surface area is 118 Å². The van der Waals surface area contributed by atoms with Crippen LogP contribution in [0.25, 0.3) is 0 Å². The predicted molar refractivity (Wildman–Crippen MR) is 78.2 cm³/mol. The van der Waals surface area contributed by atoms with Crippen molar-refractivity contribution >= 4 is 39.1 Å². The second-order valence-electron chi connectivity index (χ2n) is 3.21. The van der Waals surface area contributed by atoms with Crippen LogP contribution in [0.3, 0.4) is 0 Å². The molecule has 7 heteroatoms. The number of nitrogens with two attached hydrogens (primary N) is 1. The molecule has 0 amide bonds. The van der Waals surface area contributed by atoms with Gasteiger partial charge in [0.15, 0.2) is 11.5 Å². The van der Waals surface area contributed by atoms with Crippen molar-refractivity contribution in [3.05, 3.63) is 22.2 Å². The molecule has 5 nitrogen and oxygen atoms in total. The molecule has 0 unspecified atom stereocenters. The van der Waals surface area contributed by atoms with Gasteiger partial charge in [0.25, 0.3) is 0 Å². The quantitative estimate of drug-likeness (QED) is 0.429. The van der Waals surface area contributed by atoms with Crippen LogP contribution < -0.4 is 15.6 Å². The number of nitrogens with zero attached hydrogens (tertiary/aromatic N) is 1. The van der Waals surface area contributed by atoms with E-state index in [-0.39, 0.29) is 5.75 Å². The molecule has 0 radical (unpaired) electrons. The third kappa shape index (κ3) is 4.23. The average Bonchev–Trinajstić information content (AvgIpc) is 2.33. The first-order chi connectivity index (χ1) is 8.58. The zero-order valence-electron chi connectivity index (χ0n) is 10.1. The van der Waals surface area contributed by atoms with E-state index in [9.17, 15) is 5.11 Å². The van der Waals surface area contributed by atoms with Crippen molar-refractivity contribution < 1.29 is 14.9 Å². The molecule has 1 aromatic rings. The third-order valence-corrected chi connectivity index (χ3v) is 3.25. The summed E-state index contributed by atoms with van der Waals surface area (Å²) in [6, 6.07) is 3.43. The van der Waals surface area contributed by atoms with Crippen LogP contribution in [-0.4, -0.2) is 29.4 Å². The highest BCUT2D eigenvalue weighted by Crippen LogP contribution is 2.34. The Kier molecular flexibility index (Phi) is 6.00. The van der Waals surface area contributed by atoms with Gasteiger partial charge in [0.2, 0.25) is 11.4 Å². The van der Waals surface area contributed by atoms with Gasteiger partial charge in [0, 0.05) is 10.7 Å². The highest BCUT2D eigenvalue weighted by Gasteiger charge is 2.08. The predicted octanol–water partition coefficient (Wildman–Crippen LogP) is 0.646. The van der Waals surface area contributed by atoms with Crippen molar-refractivity contribution in [1.82, 2.24) is 0 Å². The molecule has 0 aliphatic carbocycles. The van der Waals surface area contributed by atoms with Gasteiger partial charge in [0.1, 0.15) is 0 Å². The van der Waals surface area contributed by atoms with Crippen LogP contribution >= 0.6 is 27.7 Å². The van der Waals surface area contributed by atoms with Crippen molar-refractivity contribution in [2.75, 3.05) is 12.9 Å². The summed E-state index contributed by atoms with van der Waals surface area (Å²) in [5.74, 6) is 1.33. The fourth-order valence-electron chi connectivity index (χ4n) is 1.18. The molecule has 0 heterocycles. The molecule has 0 saturated heterocycles. The number of ether oxygens (including phenoxy) is 1. The summed E-state index contributed by atoms with van der Waals surface area (Å²) < 4.78 is 5.59. The van der Waals surface area contributed by atoms with Crippen LogP contribution in [0.1, 0.15) is 12.5 Å². The Balaban J connectivity index is 2.88. The number of phenolic OH excluding ortho intramolecular Hbond substituents is 1. The second-order valence-corrected chi connectivity index (χ2v) is 5.35. The summed E-state index contributed by atoms with van der Waals surface area (Å²) in [5.41, 5.74) is 6.42. The van der Waals surface area contributed by atoms with E-state index in [1.807, 2.05) is 6.92 Å². The number of hydrogen-bond acceptors (Lipinski definition) is 4.